The second kappa shape index (κ2) is 12.8. The van der Waals surface area contributed by atoms with Gasteiger partial charge in [0, 0.05) is 39.3 Å². The fourth-order valence-corrected chi connectivity index (χ4v) is 6.09. The molecule has 2 atom stereocenters. The van der Waals surface area contributed by atoms with Gasteiger partial charge in [-0.1, -0.05) is 60.7 Å². The molecule has 0 unspecified atom stereocenters. The summed E-state index contributed by atoms with van der Waals surface area (Å²) < 4.78 is 13.7. The number of aliphatic hydroxyl groups is 2. The lowest BCUT2D eigenvalue weighted by atomic mass is 10.1. The van der Waals surface area contributed by atoms with E-state index in [0.717, 1.165) is 68.2 Å². The minimum atomic E-state index is -0.584. The van der Waals surface area contributed by atoms with Gasteiger partial charge in [0.2, 0.25) is 0 Å². The average molecular weight is 644 g/mol. The molecule has 0 aliphatic carbocycles. The van der Waals surface area contributed by atoms with Crippen molar-refractivity contribution in [2.45, 2.75) is 12.2 Å². The van der Waals surface area contributed by atoms with Crippen molar-refractivity contribution in [2.75, 3.05) is 52.5 Å². The van der Waals surface area contributed by atoms with Gasteiger partial charge in [-0.25, -0.2) is 0 Å². The molecule has 0 saturated carbocycles. The summed E-state index contributed by atoms with van der Waals surface area (Å²) >= 11 is 7.28. The first-order valence-electron chi connectivity index (χ1n) is 12.9. The Kier molecular flexibility index (Phi) is 9.20. The molecule has 0 bridgehead atoms. The highest BCUT2D eigenvalue weighted by Crippen LogP contribution is 2.34. The van der Waals surface area contributed by atoms with Crippen LogP contribution in [0.3, 0.4) is 0 Å². The van der Waals surface area contributed by atoms with Crippen molar-refractivity contribution >= 4 is 53.4 Å². The monoisotopic (exact) mass is 642 g/mol. The molecule has 2 N–H and O–H groups in total. The molecular formula is C30H32Br2N2O4. The lowest BCUT2D eigenvalue weighted by Crippen LogP contribution is -2.51. The maximum atomic E-state index is 10.6. The van der Waals surface area contributed by atoms with Gasteiger partial charge in [0.1, 0.15) is 36.9 Å². The van der Waals surface area contributed by atoms with Crippen LogP contribution >= 0.6 is 31.9 Å². The third-order valence-corrected chi connectivity index (χ3v) is 8.56. The van der Waals surface area contributed by atoms with E-state index in [1.165, 1.54) is 0 Å². The van der Waals surface area contributed by atoms with Gasteiger partial charge in [0.15, 0.2) is 0 Å². The molecule has 4 aromatic carbocycles. The summed E-state index contributed by atoms with van der Waals surface area (Å²) in [5.74, 6) is 1.47. The second-order valence-corrected chi connectivity index (χ2v) is 11.3. The summed E-state index contributed by atoms with van der Waals surface area (Å²) in [6, 6.07) is 24.2. The molecule has 6 nitrogen and oxygen atoms in total. The summed E-state index contributed by atoms with van der Waals surface area (Å²) in [5.41, 5.74) is 0. The lowest BCUT2D eigenvalue weighted by molar-refractivity contribution is 0.0239. The van der Waals surface area contributed by atoms with E-state index in [2.05, 4.69) is 53.8 Å². The van der Waals surface area contributed by atoms with Crippen molar-refractivity contribution in [1.29, 1.82) is 0 Å². The zero-order valence-electron chi connectivity index (χ0n) is 21.1. The number of halogens is 2. The number of rotatable bonds is 10. The molecule has 1 aliphatic rings. The summed E-state index contributed by atoms with van der Waals surface area (Å²) in [6.45, 7) is 4.92. The predicted molar refractivity (Wildman–Crippen MR) is 159 cm³/mol. The molecule has 4 aromatic rings. The smallest absolute Gasteiger partial charge is 0.134 e. The van der Waals surface area contributed by atoms with E-state index in [1.807, 2.05) is 60.7 Å². The van der Waals surface area contributed by atoms with E-state index in [1.54, 1.807) is 0 Å². The topological polar surface area (TPSA) is 65.4 Å². The molecule has 0 amide bonds. The highest BCUT2D eigenvalue weighted by atomic mass is 79.9. The van der Waals surface area contributed by atoms with Crippen LogP contribution in [0.2, 0.25) is 0 Å². The molecule has 200 valence electrons. The minimum Gasteiger partial charge on any atom is -0.490 e. The van der Waals surface area contributed by atoms with E-state index in [4.69, 9.17) is 9.47 Å². The van der Waals surface area contributed by atoms with Gasteiger partial charge in [-0.05, 0) is 65.5 Å². The fraction of sp³-hybridized carbons (Fsp3) is 0.333. The van der Waals surface area contributed by atoms with Crippen LogP contribution in [-0.2, 0) is 0 Å². The first-order chi connectivity index (χ1) is 18.5. The minimum absolute atomic E-state index is 0.234. The summed E-state index contributed by atoms with van der Waals surface area (Å²) in [5, 5.41) is 25.6. The van der Waals surface area contributed by atoms with Crippen molar-refractivity contribution in [2.24, 2.45) is 0 Å². The van der Waals surface area contributed by atoms with Crippen LogP contribution in [0, 0.1) is 0 Å². The first kappa shape index (κ1) is 27.4. The number of ether oxygens (including phenoxy) is 2. The van der Waals surface area contributed by atoms with Gasteiger partial charge in [-0.15, -0.1) is 0 Å². The number of hydrogen-bond acceptors (Lipinski definition) is 6. The zero-order chi connectivity index (χ0) is 26.5. The van der Waals surface area contributed by atoms with Crippen LogP contribution in [0.15, 0.2) is 81.7 Å². The second-order valence-electron chi connectivity index (χ2n) is 9.73. The molecule has 5 rings (SSSR count). The van der Waals surface area contributed by atoms with Gasteiger partial charge in [-0.2, -0.15) is 0 Å². The molecule has 8 heteroatoms. The van der Waals surface area contributed by atoms with Gasteiger partial charge < -0.3 is 19.7 Å². The van der Waals surface area contributed by atoms with Crippen LogP contribution in [0.25, 0.3) is 21.5 Å². The van der Waals surface area contributed by atoms with Gasteiger partial charge in [0.25, 0.3) is 0 Å². The van der Waals surface area contributed by atoms with Crippen LogP contribution in [0.4, 0.5) is 0 Å². The Morgan fingerprint density at radius 2 is 1.00 bits per heavy atom. The van der Waals surface area contributed by atoms with E-state index in [0.29, 0.717) is 13.1 Å². The maximum Gasteiger partial charge on any atom is 0.134 e. The predicted octanol–water partition coefficient (Wildman–Crippen LogP) is 5.32. The number of β-amino-alcohol motifs (C(OH)–C–C–N with tert-alkyl or cyclic N) is 2. The van der Waals surface area contributed by atoms with E-state index < -0.39 is 12.2 Å². The third kappa shape index (κ3) is 6.68. The number of benzene rings is 4. The number of fused-ring (bicyclic) bond motifs is 2. The summed E-state index contributed by atoms with van der Waals surface area (Å²) in [4.78, 5) is 4.49. The number of hydrogen-bond donors (Lipinski definition) is 2. The summed E-state index contributed by atoms with van der Waals surface area (Å²) in [6.07, 6.45) is -1.17. The molecule has 0 radical (unpaired) electrons. The Morgan fingerprint density at radius 1 is 0.605 bits per heavy atom. The highest BCUT2D eigenvalue weighted by Gasteiger charge is 2.22. The zero-order valence-corrected chi connectivity index (χ0v) is 24.3. The Morgan fingerprint density at radius 3 is 1.42 bits per heavy atom. The molecule has 1 saturated heterocycles. The lowest BCUT2D eigenvalue weighted by Gasteiger charge is -2.36. The van der Waals surface area contributed by atoms with Crippen LogP contribution in [0.1, 0.15) is 0 Å². The summed E-state index contributed by atoms with van der Waals surface area (Å²) in [7, 11) is 0. The standard InChI is InChI=1S/C30H32Br2N2O4/c31-29-25-7-3-1-5-21(25)9-11-27(29)37-19-23(35)17-33-13-15-34(16-14-33)18-24(36)20-38-28-12-10-22-6-2-4-8-26(22)30(28)32/h1-12,23-24,35-36H,13-20H2/t23-,24-/m1/s1. The van der Waals surface area contributed by atoms with Crippen molar-refractivity contribution < 1.29 is 19.7 Å². The molecule has 1 fully saturated rings. The Labute approximate surface area is 240 Å². The van der Waals surface area contributed by atoms with E-state index >= 15 is 0 Å². The number of nitrogens with zero attached hydrogens (tertiary/aromatic N) is 2. The Balaban J connectivity index is 1.03. The van der Waals surface area contributed by atoms with Gasteiger partial charge in [-0.3, -0.25) is 9.80 Å². The first-order valence-corrected chi connectivity index (χ1v) is 14.5. The van der Waals surface area contributed by atoms with Crippen molar-refractivity contribution in [3.8, 4) is 11.5 Å². The Bertz CT molecular complexity index is 1270. The van der Waals surface area contributed by atoms with Crippen molar-refractivity contribution in [1.82, 2.24) is 9.80 Å². The molecule has 0 spiro atoms. The number of aliphatic hydroxyl groups excluding tert-OH is 2. The Hall–Kier alpha value is -2.20. The van der Waals surface area contributed by atoms with Crippen LogP contribution in [0.5, 0.6) is 11.5 Å². The van der Waals surface area contributed by atoms with Crippen molar-refractivity contribution in [3.05, 3.63) is 81.7 Å². The largest absolute Gasteiger partial charge is 0.490 e. The normalized spacial score (nSPS) is 16.5. The van der Waals surface area contributed by atoms with Gasteiger partial charge >= 0.3 is 0 Å². The molecule has 38 heavy (non-hydrogen) atoms. The molecule has 1 heterocycles. The van der Waals surface area contributed by atoms with E-state index in [9.17, 15) is 10.2 Å². The molecule has 0 aromatic heterocycles. The quantitative estimate of drug-likeness (QED) is 0.244. The fourth-order valence-electron chi connectivity index (χ4n) is 4.88. The van der Waals surface area contributed by atoms with Crippen LogP contribution in [-0.4, -0.2) is 84.7 Å². The van der Waals surface area contributed by atoms with Gasteiger partial charge in [0.05, 0.1) is 8.95 Å². The third-order valence-electron chi connectivity index (χ3n) is 6.92. The maximum absolute atomic E-state index is 10.6. The highest BCUT2D eigenvalue weighted by molar-refractivity contribution is 9.11. The molecular weight excluding hydrogens is 612 g/mol. The van der Waals surface area contributed by atoms with Crippen LogP contribution < -0.4 is 9.47 Å². The SMILES string of the molecule is O[C@@H](COc1ccc2ccccc2c1Br)CN1CCN(C[C@@H](O)COc2ccc3ccccc3c2Br)CC1. The molecule has 1 aliphatic heterocycles. The van der Waals surface area contributed by atoms with E-state index in [-0.39, 0.29) is 13.2 Å². The average Bonchev–Trinajstić information content (AvgIpc) is 2.94. The van der Waals surface area contributed by atoms with Crippen molar-refractivity contribution in [3.63, 3.8) is 0 Å². The number of piperazine rings is 1.